The lowest BCUT2D eigenvalue weighted by atomic mass is 10.2. The van der Waals surface area contributed by atoms with Gasteiger partial charge < -0.3 is 15.0 Å². The summed E-state index contributed by atoms with van der Waals surface area (Å²) in [5.41, 5.74) is 2.05. The van der Waals surface area contributed by atoms with Crippen LogP contribution in [0.1, 0.15) is 41.7 Å². The predicted octanol–water partition coefficient (Wildman–Crippen LogP) is 3.43. The summed E-state index contributed by atoms with van der Waals surface area (Å²) in [5, 5.41) is 2.89. The molecule has 0 aliphatic carbocycles. The Morgan fingerprint density at radius 1 is 1.16 bits per heavy atom. The number of nitrogens with zero attached hydrogens (tertiary/aromatic N) is 3. The van der Waals surface area contributed by atoms with Crippen LogP contribution < -0.4 is 15.0 Å². The number of ether oxygens (including phenoxy) is 1. The Kier molecular flexibility index (Phi) is 5.48. The molecule has 0 atom stereocenters. The number of amides is 1. The molecule has 1 saturated heterocycles. The number of carbonyl (C=O) groups excluding carboxylic acids is 1. The van der Waals surface area contributed by atoms with Crippen LogP contribution in [0.5, 0.6) is 5.75 Å². The van der Waals surface area contributed by atoms with E-state index in [0.717, 1.165) is 31.5 Å². The van der Waals surface area contributed by atoms with Crippen LogP contribution in [0.15, 0.2) is 30.5 Å². The van der Waals surface area contributed by atoms with Crippen molar-refractivity contribution >= 4 is 17.5 Å². The number of aromatic nitrogens is 2. The first-order chi connectivity index (χ1) is 12.2. The highest BCUT2D eigenvalue weighted by Gasteiger charge is 2.16. The predicted molar refractivity (Wildman–Crippen MR) is 98.4 cm³/mol. The molecule has 1 amide bonds. The molecular formula is C19H24N4O2. The number of carbonyl (C=O) groups is 1. The Balaban J connectivity index is 1.78. The number of rotatable bonds is 4. The van der Waals surface area contributed by atoms with Crippen LogP contribution in [0.3, 0.4) is 0 Å². The van der Waals surface area contributed by atoms with E-state index in [2.05, 4.69) is 20.2 Å². The summed E-state index contributed by atoms with van der Waals surface area (Å²) < 4.78 is 5.31. The molecule has 6 heteroatoms. The summed E-state index contributed by atoms with van der Waals surface area (Å²) in [5.74, 6) is 0.994. The van der Waals surface area contributed by atoms with Crippen molar-refractivity contribution in [1.82, 2.24) is 9.97 Å². The van der Waals surface area contributed by atoms with E-state index in [0.29, 0.717) is 23.1 Å². The van der Waals surface area contributed by atoms with Crippen LogP contribution in [-0.4, -0.2) is 36.1 Å². The molecule has 0 radical (unpaired) electrons. The molecule has 6 nitrogen and oxygen atoms in total. The third-order valence-electron chi connectivity index (χ3n) is 4.37. The zero-order chi connectivity index (χ0) is 17.6. The molecule has 2 heterocycles. The van der Waals surface area contributed by atoms with E-state index in [1.165, 1.54) is 12.8 Å². The molecule has 25 heavy (non-hydrogen) atoms. The van der Waals surface area contributed by atoms with Gasteiger partial charge in [0.05, 0.1) is 12.8 Å². The minimum atomic E-state index is -0.262. The van der Waals surface area contributed by atoms with Gasteiger partial charge in [0.25, 0.3) is 5.91 Å². The van der Waals surface area contributed by atoms with Gasteiger partial charge in [0.2, 0.25) is 5.95 Å². The van der Waals surface area contributed by atoms with Crippen LogP contribution in [0.4, 0.5) is 11.6 Å². The molecule has 2 aromatic rings. The summed E-state index contributed by atoms with van der Waals surface area (Å²) in [7, 11) is 1.59. The monoisotopic (exact) mass is 340 g/mol. The first-order valence-electron chi connectivity index (χ1n) is 8.71. The van der Waals surface area contributed by atoms with Gasteiger partial charge in [0, 0.05) is 19.3 Å². The molecule has 1 aromatic carbocycles. The fourth-order valence-corrected chi connectivity index (χ4v) is 3.00. The fourth-order valence-electron chi connectivity index (χ4n) is 3.00. The van der Waals surface area contributed by atoms with Gasteiger partial charge >= 0.3 is 0 Å². The van der Waals surface area contributed by atoms with E-state index in [1.54, 1.807) is 19.4 Å². The van der Waals surface area contributed by atoms with Gasteiger partial charge in [-0.25, -0.2) is 9.97 Å². The second kappa shape index (κ2) is 7.96. The molecule has 1 aliphatic heterocycles. The molecule has 1 N–H and O–H groups in total. The van der Waals surface area contributed by atoms with Crippen LogP contribution in [0.2, 0.25) is 0 Å². The van der Waals surface area contributed by atoms with Crippen molar-refractivity contribution in [3.63, 3.8) is 0 Å². The summed E-state index contributed by atoms with van der Waals surface area (Å²) >= 11 is 0. The van der Waals surface area contributed by atoms with Crippen molar-refractivity contribution in [3.8, 4) is 5.75 Å². The zero-order valence-electron chi connectivity index (χ0n) is 14.8. The number of hydrogen-bond acceptors (Lipinski definition) is 5. The number of nitrogens with one attached hydrogen (secondary N) is 1. The number of benzene rings is 1. The summed E-state index contributed by atoms with van der Waals surface area (Å²) in [6.07, 6.45) is 6.41. The van der Waals surface area contributed by atoms with Crippen LogP contribution in [-0.2, 0) is 0 Å². The number of anilines is 2. The number of methoxy groups -OCH3 is 1. The molecule has 132 valence electrons. The minimum absolute atomic E-state index is 0.262. The maximum absolute atomic E-state index is 12.6. The summed E-state index contributed by atoms with van der Waals surface area (Å²) in [6, 6.07) is 7.30. The summed E-state index contributed by atoms with van der Waals surface area (Å²) in [4.78, 5) is 23.6. The summed E-state index contributed by atoms with van der Waals surface area (Å²) in [6.45, 7) is 3.85. The average molecular weight is 340 g/mol. The third kappa shape index (κ3) is 4.26. The van der Waals surface area contributed by atoms with Crippen molar-refractivity contribution < 1.29 is 9.53 Å². The molecule has 3 rings (SSSR count). The van der Waals surface area contributed by atoms with E-state index in [4.69, 9.17) is 4.74 Å². The molecule has 1 fully saturated rings. The quantitative estimate of drug-likeness (QED) is 0.923. The van der Waals surface area contributed by atoms with Crippen molar-refractivity contribution in [3.05, 3.63) is 41.7 Å². The molecule has 0 saturated carbocycles. The van der Waals surface area contributed by atoms with Crippen molar-refractivity contribution in [1.29, 1.82) is 0 Å². The van der Waals surface area contributed by atoms with Crippen molar-refractivity contribution in [2.24, 2.45) is 0 Å². The Bertz CT molecular complexity index is 740. The second-order valence-electron chi connectivity index (χ2n) is 6.30. The Hall–Kier alpha value is -2.63. The topological polar surface area (TPSA) is 67.3 Å². The van der Waals surface area contributed by atoms with Crippen molar-refractivity contribution in [2.45, 2.75) is 32.6 Å². The molecule has 0 bridgehead atoms. The highest BCUT2D eigenvalue weighted by Crippen LogP contribution is 2.25. The number of hydrogen-bond donors (Lipinski definition) is 1. The first-order valence-corrected chi connectivity index (χ1v) is 8.71. The maximum atomic E-state index is 12.6. The Morgan fingerprint density at radius 3 is 2.64 bits per heavy atom. The standard InChI is InChI=1S/C19H24N4O2/c1-14-7-8-17(25-2)16(13-14)21-18(24)15-9-10-20-19(22-15)23-11-5-3-4-6-12-23/h7-10,13H,3-6,11-12H2,1-2H3,(H,21,24). The van der Waals surface area contributed by atoms with Gasteiger partial charge in [0.15, 0.2) is 0 Å². The Morgan fingerprint density at radius 2 is 1.92 bits per heavy atom. The second-order valence-corrected chi connectivity index (χ2v) is 6.30. The van der Waals surface area contributed by atoms with E-state index in [1.807, 2.05) is 25.1 Å². The highest BCUT2D eigenvalue weighted by molar-refractivity contribution is 6.03. The van der Waals surface area contributed by atoms with Crippen molar-refractivity contribution in [2.75, 3.05) is 30.4 Å². The lowest BCUT2D eigenvalue weighted by Gasteiger charge is -2.20. The van der Waals surface area contributed by atoms with E-state index < -0.39 is 0 Å². The zero-order valence-corrected chi connectivity index (χ0v) is 14.8. The van der Waals surface area contributed by atoms with Gasteiger partial charge in [-0.15, -0.1) is 0 Å². The molecule has 0 unspecified atom stereocenters. The van der Waals surface area contributed by atoms with Gasteiger partial charge in [-0.2, -0.15) is 0 Å². The molecule has 0 spiro atoms. The first kappa shape index (κ1) is 17.2. The minimum Gasteiger partial charge on any atom is -0.495 e. The smallest absolute Gasteiger partial charge is 0.274 e. The number of aryl methyl sites for hydroxylation is 1. The molecule has 1 aliphatic rings. The molecule has 1 aromatic heterocycles. The largest absolute Gasteiger partial charge is 0.495 e. The van der Waals surface area contributed by atoms with Crippen LogP contribution in [0.25, 0.3) is 0 Å². The maximum Gasteiger partial charge on any atom is 0.274 e. The SMILES string of the molecule is COc1ccc(C)cc1NC(=O)c1ccnc(N2CCCCCC2)n1. The van der Waals surface area contributed by atoms with E-state index >= 15 is 0 Å². The lowest BCUT2D eigenvalue weighted by molar-refractivity contribution is 0.102. The average Bonchev–Trinajstić information content (AvgIpc) is 2.91. The normalized spacial score (nSPS) is 14.7. The third-order valence-corrected chi connectivity index (χ3v) is 4.37. The Labute approximate surface area is 148 Å². The van der Waals surface area contributed by atoms with E-state index in [-0.39, 0.29) is 5.91 Å². The molecular weight excluding hydrogens is 316 g/mol. The highest BCUT2D eigenvalue weighted by atomic mass is 16.5. The van der Waals surface area contributed by atoms with Gasteiger partial charge in [-0.3, -0.25) is 4.79 Å². The fraction of sp³-hybridized carbons (Fsp3) is 0.421. The van der Waals surface area contributed by atoms with Crippen LogP contribution in [0, 0.1) is 6.92 Å². The van der Waals surface area contributed by atoms with Crippen LogP contribution >= 0.6 is 0 Å². The van der Waals surface area contributed by atoms with Gasteiger partial charge in [0.1, 0.15) is 11.4 Å². The van der Waals surface area contributed by atoms with Gasteiger partial charge in [-0.05, 0) is 43.5 Å². The van der Waals surface area contributed by atoms with Gasteiger partial charge in [-0.1, -0.05) is 18.9 Å². The van der Waals surface area contributed by atoms with E-state index in [9.17, 15) is 4.79 Å². The lowest BCUT2D eigenvalue weighted by Crippen LogP contribution is -2.27.